The minimum atomic E-state index is -0.483. The summed E-state index contributed by atoms with van der Waals surface area (Å²) in [7, 11) is 0. The molecule has 3 heterocycles. The van der Waals surface area contributed by atoms with Gasteiger partial charge in [-0.1, -0.05) is 34.9 Å². The normalized spacial score (nSPS) is 17.2. The molecule has 0 bridgehead atoms. The quantitative estimate of drug-likeness (QED) is 0.480. The van der Waals surface area contributed by atoms with Crippen molar-refractivity contribution in [3.05, 3.63) is 33.6 Å². The molecule has 0 N–H and O–H groups in total. The lowest BCUT2D eigenvalue weighted by molar-refractivity contribution is -0.0312. The molecule has 8 heteroatoms. The largest absolute Gasteiger partial charge is 0.444 e. The Morgan fingerprint density at radius 3 is 2.45 bits per heavy atom. The maximum Gasteiger partial charge on any atom is 0.410 e. The van der Waals surface area contributed by atoms with E-state index in [1.165, 1.54) is 11.1 Å². The van der Waals surface area contributed by atoms with Crippen molar-refractivity contribution in [1.29, 1.82) is 0 Å². The van der Waals surface area contributed by atoms with Gasteiger partial charge in [-0.3, -0.25) is 0 Å². The highest BCUT2D eigenvalue weighted by Crippen LogP contribution is 2.33. The number of piperidine rings is 1. The fourth-order valence-electron chi connectivity index (χ4n) is 3.95. The van der Waals surface area contributed by atoms with E-state index in [-0.39, 0.29) is 12.0 Å². The zero-order valence-corrected chi connectivity index (χ0v) is 22.2. The summed E-state index contributed by atoms with van der Waals surface area (Å²) in [6.07, 6.45) is 2.32. The lowest BCUT2D eigenvalue weighted by atomic mass is 9.93. The Bertz CT molecular complexity index is 942. The highest BCUT2D eigenvalue weighted by molar-refractivity contribution is 9.10. The molecule has 0 aliphatic carbocycles. The number of amides is 1. The van der Waals surface area contributed by atoms with E-state index in [0.29, 0.717) is 30.7 Å². The third-order valence-electron chi connectivity index (χ3n) is 5.87. The van der Waals surface area contributed by atoms with Gasteiger partial charge in [-0.2, -0.15) is 4.98 Å². The number of ether oxygens (including phenoxy) is 2. The van der Waals surface area contributed by atoms with Gasteiger partial charge >= 0.3 is 6.09 Å². The molecule has 7 nitrogen and oxygen atoms in total. The van der Waals surface area contributed by atoms with Crippen molar-refractivity contribution in [1.82, 2.24) is 15.0 Å². The molecular weight excluding hydrogens is 486 g/mol. The Labute approximate surface area is 205 Å². The van der Waals surface area contributed by atoms with Crippen molar-refractivity contribution >= 4 is 22.0 Å². The number of rotatable bonds is 4. The van der Waals surface area contributed by atoms with Crippen molar-refractivity contribution in [3.63, 3.8) is 0 Å². The van der Waals surface area contributed by atoms with Crippen LogP contribution in [0.2, 0.25) is 0 Å². The SMILES string of the molecule is CC.Cc1c(Br)cc(-c2nc(C3CCN(C(=O)OC(C)(C)C)CC3)no2)cc1CC1COC1. The van der Waals surface area contributed by atoms with E-state index >= 15 is 0 Å². The molecule has 1 aromatic carbocycles. The second kappa shape index (κ2) is 11.0. The Kier molecular flexibility index (Phi) is 8.56. The summed E-state index contributed by atoms with van der Waals surface area (Å²) in [6, 6.07) is 4.19. The number of aromatic nitrogens is 2. The maximum atomic E-state index is 12.3. The smallest absolute Gasteiger partial charge is 0.410 e. The number of hydrogen-bond donors (Lipinski definition) is 0. The van der Waals surface area contributed by atoms with E-state index in [4.69, 9.17) is 19.0 Å². The summed E-state index contributed by atoms with van der Waals surface area (Å²) >= 11 is 3.68. The molecular formula is C25H36BrN3O4. The monoisotopic (exact) mass is 521 g/mol. The van der Waals surface area contributed by atoms with Crippen molar-refractivity contribution in [2.24, 2.45) is 5.92 Å². The number of nitrogens with zero attached hydrogens (tertiary/aromatic N) is 3. The van der Waals surface area contributed by atoms with Crippen LogP contribution in [0, 0.1) is 12.8 Å². The Morgan fingerprint density at radius 1 is 1.21 bits per heavy atom. The van der Waals surface area contributed by atoms with Gasteiger partial charge in [-0.05, 0) is 70.2 Å². The van der Waals surface area contributed by atoms with Gasteiger partial charge in [0.05, 0.1) is 13.2 Å². The van der Waals surface area contributed by atoms with Gasteiger partial charge in [0.2, 0.25) is 0 Å². The first-order valence-electron chi connectivity index (χ1n) is 11.9. The summed E-state index contributed by atoms with van der Waals surface area (Å²) in [5, 5.41) is 4.26. The van der Waals surface area contributed by atoms with E-state index in [9.17, 15) is 4.79 Å². The summed E-state index contributed by atoms with van der Waals surface area (Å²) in [6.45, 7) is 14.7. The van der Waals surface area contributed by atoms with Crippen LogP contribution in [0.5, 0.6) is 0 Å². The van der Waals surface area contributed by atoms with Crippen molar-refractivity contribution in [2.45, 2.75) is 72.3 Å². The van der Waals surface area contributed by atoms with Crippen molar-refractivity contribution in [3.8, 4) is 11.5 Å². The standard InChI is InChI=1S/C23H30BrN3O4.C2H6/c1-14-17(9-15-12-29-13-15)10-18(11-19(14)24)21-25-20(26-31-21)16-5-7-27(8-6-16)22(28)30-23(2,3)4;1-2/h10-11,15-16H,5-9,12-13H2,1-4H3;1-2H3. The van der Waals surface area contributed by atoms with Crippen LogP contribution in [0.1, 0.15) is 70.3 Å². The molecule has 1 amide bonds. The minimum Gasteiger partial charge on any atom is -0.444 e. The molecule has 2 aliphatic heterocycles. The van der Waals surface area contributed by atoms with Gasteiger partial charge in [0.15, 0.2) is 5.82 Å². The van der Waals surface area contributed by atoms with Gasteiger partial charge < -0.3 is 18.9 Å². The maximum absolute atomic E-state index is 12.3. The number of halogens is 1. The molecule has 0 radical (unpaired) electrons. The molecule has 2 saturated heterocycles. The molecule has 2 aliphatic rings. The van der Waals surface area contributed by atoms with Gasteiger partial charge in [0.25, 0.3) is 5.89 Å². The summed E-state index contributed by atoms with van der Waals surface area (Å²) < 4.78 is 17.5. The number of likely N-dealkylation sites (tertiary alicyclic amines) is 1. The average molecular weight is 522 g/mol. The fourth-order valence-corrected chi connectivity index (χ4v) is 4.45. The van der Waals surface area contributed by atoms with Crippen LogP contribution in [0.3, 0.4) is 0 Å². The molecule has 0 spiro atoms. The molecule has 33 heavy (non-hydrogen) atoms. The molecule has 2 aromatic rings. The van der Waals surface area contributed by atoms with Crippen molar-refractivity contribution < 1.29 is 18.8 Å². The van der Waals surface area contributed by atoms with Gasteiger partial charge in [0, 0.05) is 35.0 Å². The lowest BCUT2D eigenvalue weighted by Crippen LogP contribution is -2.41. The zero-order valence-electron chi connectivity index (χ0n) is 20.6. The van der Waals surface area contributed by atoms with E-state index in [2.05, 4.69) is 34.1 Å². The molecule has 2 fully saturated rings. The molecule has 0 atom stereocenters. The zero-order chi connectivity index (χ0) is 24.2. The molecule has 1 aromatic heterocycles. The first-order valence-corrected chi connectivity index (χ1v) is 12.7. The van der Waals surface area contributed by atoms with E-state index < -0.39 is 5.60 Å². The second-order valence-corrected chi connectivity index (χ2v) is 10.4. The highest BCUT2D eigenvalue weighted by atomic mass is 79.9. The first-order chi connectivity index (χ1) is 15.7. The van der Waals surface area contributed by atoms with Crippen LogP contribution in [0.15, 0.2) is 21.1 Å². The minimum absolute atomic E-state index is 0.177. The van der Waals surface area contributed by atoms with Crippen LogP contribution in [-0.4, -0.2) is 53.0 Å². The molecule has 4 rings (SSSR count). The summed E-state index contributed by atoms with van der Waals surface area (Å²) in [5.74, 6) is 2.01. The number of carbonyl (C=O) groups excluding carboxylic acids is 1. The topological polar surface area (TPSA) is 77.7 Å². The Hall–Kier alpha value is -1.93. The van der Waals surface area contributed by atoms with Crippen LogP contribution >= 0.6 is 15.9 Å². The predicted molar refractivity (Wildman–Crippen MR) is 131 cm³/mol. The fraction of sp³-hybridized carbons (Fsp3) is 0.640. The first kappa shape index (κ1) is 25.7. The summed E-state index contributed by atoms with van der Waals surface area (Å²) in [4.78, 5) is 18.7. The lowest BCUT2D eigenvalue weighted by Gasteiger charge is -2.32. The van der Waals surface area contributed by atoms with E-state index in [1.807, 2.05) is 40.7 Å². The number of carbonyl (C=O) groups is 1. The van der Waals surface area contributed by atoms with Crippen LogP contribution in [-0.2, 0) is 15.9 Å². The number of hydrogen-bond acceptors (Lipinski definition) is 6. The Balaban J connectivity index is 0.00000149. The van der Waals surface area contributed by atoms with E-state index in [0.717, 1.165) is 42.5 Å². The van der Waals surface area contributed by atoms with Crippen LogP contribution in [0.25, 0.3) is 11.5 Å². The van der Waals surface area contributed by atoms with Crippen LogP contribution in [0.4, 0.5) is 4.79 Å². The van der Waals surface area contributed by atoms with Crippen LogP contribution < -0.4 is 0 Å². The van der Waals surface area contributed by atoms with E-state index in [1.54, 1.807) is 4.90 Å². The second-order valence-electron chi connectivity index (χ2n) is 9.55. The molecule has 182 valence electrons. The third-order valence-corrected chi connectivity index (χ3v) is 6.69. The Morgan fingerprint density at radius 2 is 1.88 bits per heavy atom. The van der Waals surface area contributed by atoms with Gasteiger partial charge in [-0.15, -0.1) is 0 Å². The number of benzene rings is 1. The predicted octanol–water partition coefficient (Wildman–Crippen LogP) is 6.14. The average Bonchev–Trinajstić information content (AvgIpc) is 3.24. The highest BCUT2D eigenvalue weighted by Gasteiger charge is 2.30. The van der Waals surface area contributed by atoms with Crippen molar-refractivity contribution in [2.75, 3.05) is 26.3 Å². The van der Waals surface area contributed by atoms with Gasteiger partial charge in [-0.25, -0.2) is 4.79 Å². The summed E-state index contributed by atoms with van der Waals surface area (Å²) in [5.41, 5.74) is 2.97. The molecule has 0 saturated carbocycles. The molecule has 0 unspecified atom stereocenters. The van der Waals surface area contributed by atoms with Gasteiger partial charge in [0.1, 0.15) is 5.60 Å². The third kappa shape index (κ3) is 6.57.